The fraction of sp³-hybridized carbons (Fsp3) is 0.846. The van der Waals surface area contributed by atoms with Gasteiger partial charge >= 0.3 is 6.09 Å². The van der Waals surface area contributed by atoms with E-state index in [1.807, 2.05) is 20.8 Å². The summed E-state index contributed by atoms with van der Waals surface area (Å²) in [5.74, 6) is 0. The molecular formula is C13H25N3O2. The number of nitriles is 1. The first-order valence-corrected chi connectivity index (χ1v) is 6.50. The van der Waals surface area contributed by atoms with Gasteiger partial charge in [-0.25, -0.2) is 4.79 Å². The molecule has 0 bridgehead atoms. The first kappa shape index (κ1) is 16.7. The molecule has 0 saturated carbocycles. The molecule has 0 aromatic rings. The minimum absolute atomic E-state index is 0.357. The van der Waals surface area contributed by atoms with E-state index in [2.05, 4.69) is 16.7 Å². The van der Waals surface area contributed by atoms with Crippen LogP contribution in [0.1, 0.15) is 46.5 Å². The molecule has 0 fully saturated rings. The van der Waals surface area contributed by atoms with E-state index in [1.54, 1.807) is 0 Å². The zero-order valence-corrected chi connectivity index (χ0v) is 11.7. The van der Waals surface area contributed by atoms with Crippen LogP contribution in [0.25, 0.3) is 0 Å². The smallest absolute Gasteiger partial charge is 0.407 e. The highest BCUT2D eigenvalue weighted by Crippen LogP contribution is 2.06. The number of alkyl carbamates (subject to hydrolysis) is 1. The summed E-state index contributed by atoms with van der Waals surface area (Å²) < 4.78 is 5.11. The molecule has 0 rings (SSSR count). The van der Waals surface area contributed by atoms with Crippen LogP contribution in [-0.2, 0) is 4.74 Å². The van der Waals surface area contributed by atoms with Gasteiger partial charge in [-0.1, -0.05) is 0 Å². The lowest BCUT2D eigenvalue weighted by Crippen LogP contribution is -2.33. The Kier molecular flexibility index (Phi) is 9.03. The lowest BCUT2D eigenvalue weighted by atomic mass is 10.2. The maximum absolute atomic E-state index is 11.3. The molecule has 2 N–H and O–H groups in total. The fourth-order valence-electron chi connectivity index (χ4n) is 1.30. The Morgan fingerprint density at radius 2 is 1.78 bits per heavy atom. The molecular weight excluding hydrogens is 230 g/mol. The molecule has 5 nitrogen and oxygen atoms in total. The molecule has 18 heavy (non-hydrogen) atoms. The Morgan fingerprint density at radius 3 is 2.39 bits per heavy atom. The SMILES string of the molecule is CC(C)(C)OC(=O)NCCCCNCCCC#N. The number of hydrogen-bond acceptors (Lipinski definition) is 4. The molecule has 0 unspecified atom stereocenters. The first-order chi connectivity index (χ1) is 8.45. The standard InChI is InChI=1S/C13H25N3O2/c1-13(2,3)18-12(17)16-11-7-6-10-15-9-5-4-8-14/h15H,4-7,9-11H2,1-3H3,(H,16,17). The zero-order chi connectivity index (χ0) is 13.9. The largest absolute Gasteiger partial charge is 0.444 e. The van der Waals surface area contributed by atoms with Crippen LogP contribution >= 0.6 is 0 Å². The van der Waals surface area contributed by atoms with Crippen LogP contribution < -0.4 is 10.6 Å². The van der Waals surface area contributed by atoms with Crippen molar-refractivity contribution < 1.29 is 9.53 Å². The number of carbonyl (C=O) groups excluding carboxylic acids is 1. The highest BCUT2D eigenvalue weighted by molar-refractivity contribution is 5.67. The molecule has 0 aliphatic carbocycles. The molecule has 5 heteroatoms. The van der Waals surface area contributed by atoms with Gasteiger partial charge in [0, 0.05) is 13.0 Å². The first-order valence-electron chi connectivity index (χ1n) is 6.50. The van der Waals surface area contributed by atoms with E-state index >= 15 is 0 Å². The highest BCUT2D eigenvalue weighted by atomic mass is 16.6. The third kappa shape index (κ3) is 12.8. The Balaban J connectivity index is 3.26. The van der Waals surface area contributed by atoms with Crippen molar-refractivity contribution in [3.05, 3.63) is 0 Å². The summed E-state index contributed by atoms with van der Waals surface area (Å²) in [5, 5.41) is 14.3. The van der Waals surface area contributed by atoms with Gasteiger partial charge in [-0.2, -0.15) is 5.26 Å². The van der Waals surface area contributed by atoms with Gasteiger partial charge in [-0.3, -0.25) is 0 Å². The van der Waals surface area contributed by atoms with Crippen molar-refractivity contribution in [2.75, 3.05) is 19.6 Å². The third-order valence-corrected chi connectivity index (χ3v) is 2.09. The van der Waals surface area contributed by atoms with Crippen LogP contribution in [0.2, 0.25) is 0 Å². The normalized spacial score (nSPS) is 10.8. The van der Waals surface area contributed by atoms with Crippen LogP contribution in [0.15, 0.2) is 0 Å². The van der Waals surface area contributed by atoms with Crippen molar-refractivity contribution >= 4 is 6.09 Å². The van der Waals surface area contributed by atoms with Crippen molar-refractivity contribution in [2.45, 2.75) is 52.1 Å². The highest BCUT2D eigenvalue weighted by Gasteiger charge is 2.15. The van der Waals surface area contributed by atoms with Crippen molar-refractivity contribution in [3.8, 4) is 6.07 Å². The van der Waals surface area contributed by atoms with Crippen molar-refractivity contribution in [1.82, 2.24) is 10.6 Å². The minimum atomic E-state index is -0.438. The second-order valence-corrected chi connectivity index (χ2v) is 5.15. The van der Waals surface area contributed by atoms with Gasteiger partial charge in [0.2, 0.25) is 0 Å². The molecule has 0 aliphatic rings. The average molecular weight is 255 g/mol. The van der Waals surface area contributed by atoms with Crippen LogP contribution in [0.3, 0.4) is 0 Å². The van der Waals surface area contributed by atoms with E-state index in [1.165, 1.54) is 0 Å². The number of nitrogens with one attached hydrogen (secondary N) is 2. The van der Waals surface area contributed by atoms with E-state index in [4.69, 9.17) is 10.00 Å². The molecule has 1 amide bonds. The number of rotatable bonds is 8. The van der Waals surface area contributed by atoms with Crippen molar-refractivity contribution in [2.24, 2.45) is 0 Å². The Bertz CT molecular complexity index is 266. The maximum Gasteiger partial charge on any atom is 0.407 e. The monoisotopic (exact) mass is 255 g/mol. The quantitative estimate of drug-likeness (QED) is 0.652. The summed E-state index contributed by atoms with van der Waals surface area (Å²) in [5.41, 5.74) is -0.438. The number of nitrogens with zero attached hydrogens (tertiary/aromatic N) is 1. The van der Waals surface area contributed by atoms with Crippen LogP contribution in [0.4, 0.5) is 4.79 Å². The second kappa shape index (κ2) is 9.72. The summed E-state index contributed by atoms with van der Waals surface area (Å²) in [7, 11) is 0. The predicted molar refractivity (Wildman–Crippen MR) is 71.2 cm³/mol. The summed E-state index contributed by atoms with van der Waals surface area (Å²) in [4.78, 5) is 11.3. The summed E-state index contributed by atoms with van der Waals surface area (Å²) in [6.45, 7) is 7.97. The number of hydrogen-bond donors (Lipinski definition) is 2. The predicted octanol–water partition coefficient (Wildman–Crippen LogP) is 2.18. The number of ether oxygens (including phenoxy) is 1. The van der Waals surface area contributed by atoms with E-state index in [-0.39, 0.29) is 6.09 Å². The minimum Gasteiger partial charge on any atom is -0.444 e. The van der Waals surface area contributed by atoms with Gasteiger partial charge < -0.3 is 15.4 Å². The Labute approximate surface area is 110 Å². The number of amides is 1. The Hall–Kier alpha value is -1.28. The van der Waals surface area contributed by atoms with Gasteiger partial charge in [0.15, 0.2) is 0 Å². The van der Waals surface area contributed by atoms with E-state index in [9.17, 15) is 4.79 Å². The zero-order valence-electron chi connectivity index (χ0n) is 11.7. The van der Waals surface area contributed by atoms with Gasteiger partial charge in [0.05, 0.1) is 6.07 Å². The molecule has 0 aromatic carbocycles. The lowest BCUT2D eigenvalue weighted by molar-refractivity contribution is 0.0527. The van der Waals surface area contributed by atoms with Gasteiger partial charge in [-0.15, -0.1) is 0 Å². The lowest BCUT2D eigenvalue weighted by Gasteiger charge is -2.19. The summed E-state index contributed by atoms with van der Waals surface area (Å²) >= 11 is 0. The maximum atomic E-state index is 11.3. The van der Waals surface area contributed by atoms with Gasteiger partial charge in [-0.05, 0) is 53.1 Å². The topological polar surface area (TPSA) is 74.2 Å². The van der Waals surface area contributed by atoms with Crippen LogP contribution in [0, 0.1) is 11.3 Å². The van der Waals surface area contributed by atoms with E-state index < -0.39 is 5.60 Å². The number of carbonyl (C=O) groups is 1. The molecule has 0 atom stereocenters. The third-order valence-electron chi connectivity index (χ3n) is 2.09. The fourth-order valence-corrected chi connectivity index (χ4v) is 1.30. The molecule has 0 saturated heterocycles. The van der Waals surface area contributed by atoms with Gasteiger partial charge in [0.25, 0.3) is 0 Å². The molecule has 0 spiro atoms. The molecule has 0 aromatic heterocycles. The molecule has 104 valence electrons. The molecule has 0 heterocycles. The van der Waals surface area contributed by atoms with Crippen LogP contribution in [0.5, 0.6) is 0 Å². The van der Waals surface area contributed by atoms with E-state index in [0.29, 0.717) is 13.0 Å². The van der Waals surface area contributed by atoms with Crippen LogP contribution in [-0.4, -0.2) is 31.3 Å². The summed E-state index contributed by atoms with van der Waals surface area (Å²) in [6, 6.07) is 2.11. The van der Waals surface area contributed by atoms with E-state index in [0.717, 1.165) is 32.4 Å². The van der Waals surface area contributed by atoms with Gasteiger partial charge in [0.1, 0.15) is 5.60 Å². The molecule has 0 aliphatic heterocycles. The number of unbranched alkanes of at least 4 members (excludes halogenated alkanes) is 2. The average Bonchev–Trinajstić information content (AvgIpc) is 2.24. The Morgan fingerprint density at radius 1 is 1.17 bits per heavy atom. The van der Waals surface area contributed by atoms with Crippen molar-refractivity contribution in [3.63, 3.8) is 0 Å². The molecule has 0 radical (unpaired) electrons. The summed E-state index contributed by atoms with van der Waals surface area (Å²) in [6.07, 6.45) is 3.07. The van der Waals surface area contributed by atoms with Crippen molar-refractivity contribution in [1.29, 1.82) is 5.26 Å². The second-order valence-electron chi connectivity index (χ2n) is 5.15.